The average Bonchev–Trinajstić information content (AvgIpc) is 3.25. The van der Waals surface area contributed by atoms with Gasteiger partial charge in [-0.25, -0.2) is 0 Å². The maximum Gasteiger partial charge on any atom is -0.0443 e. The Morgan fingerprint density at radius 3 is 1.11 bits per heavy atom. The molecule has 0 atom stereocenters. The van der Waals surface area contributed by atoms with Crippen LogP contribution in [0.25, 0.3) is 0 Å². The third-order valence-electron chi connectivity index (χ3n) is 2.76. The van der Waals surface area contributed by atoms with E-state index in [-0.39, 0.29) is 0 Å². The van der Waals surface area contributed by atoms with Crippen LogP contribution < -0.4 is 0 Å². The third kappa shape index (κ3) is 57.7. The van der Waals surface area contributed by atoms with Crippen LogP contribution in [0.15, 0.2) is 0 Å². The van der Waals surface area contributed by atoms with Crippen LogP contribution in [0.2, 0.25) is 0 Å². The van der Waals surface area contributed by atoms with Crippen molar-refractivity contribution in [1.29, 1.82) is 0 Å². The zero-order valence-corrected chi connectivity index (χ0v) is 14.6. The summed E-state index contributed by atoms with van der Waals surface area (Å²) >= 11 is 0. The van der Waals surface area contributed by atoms with Crippen molar-refractivity contribution in [2.75, 3.05) is 0 Å². The van der Waals surface area contributed by atoms with Gasteiger partial charge in [-0.2, -0.15) is 0 Å². The first-order valence-electron chi connectivity index (χ1n) is 7.95. The first-order chi connectivity index (χ1) is 8.62. The summed E-state index contributed by atoms with van der Waals surface area (Å²) in [6, 6.07) is 0. The molecule has 0 bridgehead atoms. The lowest BCUT2D eigenvalue weighted by Crippen LogP contribution is -1.85. The summed E-state index contributed by atoms with van der Waals surface area (Å²) in [5, 5.41) is 0. The summed E-state index contributed by atoms with van der Waals surface area (Å²) in [7, 11) is 0. The van der Waals surface area contributed by atoms with Gasteiger partial charge in [-0.15, -0.1) is 12.8 Å². The molecular formula is C18H40. The van der Waals surface area contributed by atoms with Crippen LogP contribution in [0.5, 0.6) is 0 Å². The van der Waals surface area contributed by atoms with Gasteiger partial charge in [0.1, 0.15) is 0 Å². The molecule has 0 radical (unpaired) electrons. The third-order valence-corrected chi connectivity index (χ3v) is 2.76. The molecule has 0 nitrogen and oxygen atoms in total. The molecular weight excluding hydrogens is 216 g/mol. The predicted molar refractivity (Wildman–Crippen MR) is 90.0 cm³/mol. The summed E-state index contributed by atoms with van der Waals surface area (Å²) in [6.45, 7) is 17.4. The van der Waals surface area contributed by atoms with Crippen molar-refractivity contribution in [3.05, 3.63) is 0 Å². The van der Waals surface area contributed by atoms with Gasteiger partial charge in [-0.1, -0.05) is 93.9 Å². The molecule has 1 fully saturated rings. The smallest absolute Gasteiger partial charge is 0.0443 e. The molecule has 0 aliphatic heterocycles. The van der Waals surface area contributed by atoms with Crippen molar-refractivity contribution >= 4 is 0 Å². The Labute approximate surface area is 119 Å². The minimum Gasteiger partial charge on any atom is -0.124 e. The molecule has 1 aliphatic carbocycles. The van der Waals surface area contributed by atoms with Gasteiger partial charge in [0, 0.05) is 0 Å². The molecule has 112 valence electrons. The van der Waals surface area contributed by atoms with Crippen molar-refractivity contribution in [2.45, 2.75) is 93.9 Å². The van der Waals surface area contributed by atoms with Gasteiger partial charge in [-0.05, 0) is 11.8 Å². The van der Waals surface area contributed by atoms with E-state index < -0.39 is 0 Å². The molecule has 0 aromatic heterocycles. The molecule has 0 aromatic carbocycles. The summed E-state index contributed by atoms with van der Waals surface area (Å²) in [5.41, 5.74) is 0. The molecule has 0 spiro atoms. The van der Waals surface area contributed by atoms with Crippen LogP contribution in [0.4, 0.5) is 0 Å². The first kappa shape index (κ1) is 26.2. The molecule has 1 rings (SSSR count). The second kappa shape index (κ2) is 30.0. The molecule has 0 amide bonds. The van der Waals surface area contributed by atoms with E-state index in [4.69, 9.17) is 0 Å². The zero-order valence-electron chi connectivity index (χ0n) is 14.6. The van der Waals surface area contributed by atoms with Gasteiger partial charge in [0.25, 0.3) is 0 Å². The van der Waals surface area contributed by atoms with Crippen molar-refractivity contribution in [1.82, 2.24) is 0 Å². The van der Waals surface area contributed by atoms with E-state index in [0.717, 1.165) is 11.8 Å². The lowest BCUT2D eigenvalue weighted by atomic mass is 10.1. The van der Waals surface area contributed by atoms with E-state index in [1.165, 1.54) is 38.5 Å². The van der Waals surface area contributed by atoms with Gasteiger partial charge in [0.15, 0.2) is 0 Å². The first-order valence-corrected chi connectivity index (χ1v) is 7.95. The largest absolute Gasteiger partial charge is 0.124 e. The quantitative estimate of drug-likeness (QED) is 0.480. The summed E-state index contributed by atoms with van der Waals surface area (Å²) in [6.07, 6.45) is 16.3. The average molecular weight is 257 g/mol. The van der Waals surface area contributed by atoms with Crippen molar-refractivity contribution in [3.8, 4) is 12.8 Å². The topological polar surface area (TPSA) is 0 Å². The molecule has 1 saturated carbocycles. The number of rotatable bonds is 3. The Morgan fingerprint density at radius 1 is 0.889 bits per heavy atom. The SMILES string of the molecule is C#C.CC.CC1CC1.CCC(C)CC.CCCC. The van der Waals surface area contributed by atoms with E-state index in [1.807, 2.05) is 13.8 Å². The van der Waals surface area contributed by atoms with Gasteiger partial charge in [0.2, 0.25) is 0 Å². The van der Waals surface area contributed by atoms with Gasteiger partial charge in [0.05, 0.1) is 0 Å². The fourth-order valence-corrected chi connectivity index (χ4v) is 0.455. The van der Waals surface area contributed by atoms with Gasteiger partial charge in [-0.3, -0.25) is 0 Å². The van der Waals surface area contributed by atoms with E-state index in [9.17, 15) is 0 Å². The fourth-order valence-electron chi connectivity index (χ4n) is 0.455. The van der Waals surface area contributed by atoms with E-state index in [0.29, 0.717) is 0 Å². The fraction of sp³-hybridized carbons (Fsp3) is 0.889. The highest BCUT2D eigenvalue weighted by Crippen LogP contribution is 2.26. The second-order valence-electron chi connectivity index (χ2n) is 4.60. The Kier molecular flexibility index (Phi) is 43.7. The lowest BCUT2D eigenvalue weighted by molar-refractivity contribution is 0.544. The van der Waals surface area contributed by atoms with Crippen LogP contribution in [-0.4, -0.2) is 0 Å². The number of hydrogen-bond donors (Lipinski definition) is 0. The monoisotopic (exact) mass is 256 g/mol. The van der Waals surface area contributed by atoms with Crippen LogP contribution in [0.1, 0.15) is 93.9 Å². The van der Waals surface area contributed by atoms with E-state index in [1.54, 1.807) is 0 Å². The normalized spacial score (nSPS) is 11.3. The number of unbranched alkanes of at least 4 members (excludes halogenated alkanes) is 1. The molecule has 0 saturated heterocycles. The van der Waals surface area contributed by atoms with Gasteiger partial charge >= 0.3 is 0 Å². The summed E-state index contributed by atoms with van der Waals surface area (Å²) in [4.78, 5) is 0. The Balaban J connectivity index is -0.0000000729. The van der Waals surface area contributed by atoms with E-state index in [2.05, 4.69) is 54.4 Å². The molecule has 1 aliphatic rings. The molecule has 18 heavy (non-hydrogen) atoms. The Bertz CT molecular complexity index is 102. The zero-order chi connectivity index (χ0) is 15.4. The summed E-state index contributed by atoms with van der Waals surface area (Å²) < 4.78 is 0. The minimum atomic E-state index is 0.935. The van der Waals surface area contributed by atoms with Crippen molar-refractivity contribution in [3.63, 3.8) is 0 Å². The van der Waals surface area contributed by atoms with E-state index >= 15 is 0 Å². The molecule has 0 N–H and O–H groups in total. The number of hydrogen-bond acceptors (Lipinski definition) is 0. The molecule has 0 aromatic rings. The highest BCUT2D eigenvalue weighted by atomic mass is 14.2. The Hall–Kier alpha value is -0.440. The maximum atomic E-state index is 4.00. The lowest BCUT2D eigenvalue weighted by Gasteiger charge is -1.98. The maximum absolute atomic E-state index is 4.00. The second-order valence-corrected chi connectivity index (χ2v) is 4.60. The van der Waals surface area contributed by atoms with Crippen molar-refractivity contribution in [2.24, 2.45) is 11.8 Å². The molecule has 0 heteroatoms. The number of terminal acetylenes is 1. The summed E-state index contributed by atoms with van der Waals surface area (Å²) in [5.74, 6) is 2.02. The minimum absolute atomic E-state index is 0.935. The Morgan fingerprint density at radius 2 is 1.11 bits per heavy atom. The van der Waals surface area contributed by atoms with Crippen LogP contribution in [-0.2, 0) is 0 Å². The molecule has 0 unspecified atom stereocenters. The van der Waals surface area contributed by atoms with Crippen molar-refractivity contribution < 1.29 is 0 Å². The van der Waals surface area contributed by atoms with Gasteiger partial charge < -0.3 is 0 Å². The highest BCUT2D eigenvalue weighted by molar-refractivity contribution is 4.65. The van der Waals surface area contributed by atoms with Crippen LogP contribution in [0, 0.1) is 24.7 Å². The predicted octanol–water partition coefficient (Wildman–Crippen LogP) is 6.94. The molecule has 0 heterocycles. The van der Waals surface area contributed by atoms with Crippen LogP contribution in [0.3, 0.4) is 0 Å². The van der Waals surface area contributed by atoms with Crippen LogP contribution >= 0.6 is 0 Å². The highest BCUT2D eigenvalue weighted by Gasteiger charge is 2.12. The standard InChI is InChI=1S/C6H14.C4H8.C4H10.C2H6.C2H2/c1-4-6(3)5-2;1-4-2-3-4;1-3-4-2;2*1-2/h6H,4-5H2,1-3H3;4H,2-3H2,1H3;3-4H2,1-2H3;1-2H3;1-2H.